The Morgan fingerprint density at radius 1 is 1.47 bits per heavy atom. The molecule has 1 N–H and O–H groups in total. The molecule has 0 saturated heterocycles. The molecule has 15 heavy (non-hydrogen) atoms. The molecule has 1 aromatic rings. The Balaban J connectivity index is 3.47. The van der Waals surface area contributed by atoms with E-state index < -0.39 is 29.0 Å². The van der Waals surface area contributed by atoms with Crippen molar-refractivity contribution >= 4 is 5.97 Å². The van der Waals surface area contributed by atoms with Crippen molar-refractivity contribution in [1.29, 1.82) is 0 Å². The Labute approximate surface area is 82.3 Å². The van der Waals surface area contributed by atoms with Crippen LogP contribution in [0, 0.1) is 0 Å². The summed E-state index contributed by atoms with van der Waals surface area (Å²) in [5.41, 5.74) is -2.26. The number of carboxylic acid groups (broad SMARTS) is 1. The maximum atomic E-state index is 12.5. The van der Waals surface area contributed by atoms with Crippen LogP contribution >= 0.6 is 0 Å². The Hall–Kier alpha value is -1.79. The van der Waals surface area contributed by atoms with Crippen LogP contribution in [-0.4, -0.2) is 23.2 Å². The minimum absolute atomic E-state index is 0.609. The van der Waals surface area contributed by atoms with Crippen LogP contribution in [-0.2, 0) is 6.18 Å². The molecule has 0 aliphatic heterocycles. The second-order valence-corrected chi connectivity index (χ2v) is 2.57. The van der Waals surface area contributed by atoms with E-state index in [1.807, 2.05) is 0 Å². The Morgan fingerprint density at radius 3 is 2.47 bits per heavy atom. The van der Waals surface area contributed by atoms with E-state index in [4.69, 9.17) is 5.11 Å². The average molecular weight is 221 g/mol. The first kappa shape index (κ1) is 11.3. The fourth-order valence-electron chi connectivity index (χ4n) is 1.05. The van der Waals surface area contributed by atoms with E-state index in [0.29, 0.717) is 6.20 Å². The number of ether oxygens (including phenoxy) is 1. The molecule has 1 rings (SSSR count). The van der Waals surface area contributed by atoms with E-state index in [1.165, 1.54) is 0 Å². The van der Waals surface area contributed by atoms with E-state index in [9.17, 15) is 18.0 Å². The summed E-state index contributed by atoms with van der Waals surface area (Å²) >= 11 is 0. The molecule has 0 aliphatic carbocycles. The SMILES string of the molecule is COc1cncc(C(=O)O)c1C(F)(F)F. The third kappa shape index (κ3) is 2.17. The molecule has 0 unspecified atom stereocenters. The molecular weight excluding hydrogens is 215 g/mol. The molecule has 0 radical (unpaired) electrons. The zero-order valence-electron chi connectivity index (χ0n) is 7.50. The van der Waals surface area contributed by atoms with Crippen molar-refractivity contribution in [3.8, 4) is 5.75 Å². The number of hydrogen-bond donors (Lipinski definition) is 1. The number of aromatic carboxylic acids is 1. The predicted molar refractivity (Wildman–Crippen MR) is 42.8 cm³/mol. The minimum atomic E-state index is -4.79. The molecule has 7 heteroatoms. The lowest BCUT2D eigenvalue weighted by atomic mass is 10.1. The number of rotatable bonds is 2. The summed E-state index contributed by atoms with van der Waals surface area (Å²) in [5, 5.41) is 8.55. The summed E-state index contributed by atoms with van der Waals surface area (Å²) in [5.74, 6) is -2.31. The molecule has 1 aromatic heterocycles. The first-order chi connectivity index (χ1) is 6.88. The molecule has 0 spiro atoms. The first-order valence-corrected chi connectivity index (χ1v) is 3.70. The van der Waals surface area contributed by atoms with Crippen molar-refractivity contribution in [3.05, 3.63) is 23.5 Å². The molecule has 0 fully saturated rings. The highest BCUT2D eigenvalue weighted by Crippen LogP contribution is 2.37. The molecule has 4 nitrogen and oxygen atoms in total. The minimum Gasteiger partial charge on any atom is -0.494 e. The average Bonchev–Trinajstić information content (AvgIpc) is 2.15. The number of nitrogens with zero attached hydrogens (tertiary/aromatic N) is 1. The summed E-state index contributed by atoms with van der Waals surface area (Å²) in [7, 11) is 1.01. The van der Waals surface area contributed by atoms with E-state index in [-0.39, 0.29) is 0 Å². The highest BCUT2D eigenvalue weighted by Gasteiger charge is 2.39. The van der Waals surface area contributed by atoms with Gasteiger partial charge >= 0.3 is 12.1 Å². The van der Waals surface area contributed by atoms with Gasteiger partial charge in [0.1, 0.15) is 11.3 Å². The monoisotopic (exact) mass is 221 g/mol. The van der Waals surface area contributed by atoms with Crippen molar-refractivity contribution in [2.45, 2.75) is 6.18 Å². The quantitative estimate of drug-likeness (QED) is 0.827. The van der Waals surface area contributed by atoms with Crippen LogP contribution in [0.15, 0.2) is 12.4 Å². The Kier molecular flexibility index (Phi) is 2.83. The largest absolute Gasteiger partial charge is 0.494 e. The van der Waals surface area contributed by atoms with Crippen LogP contribution in [0.4, 0.5) is 13.2 Å². The number of carbonyl (C=O) groups is 1. The van der Waals surface area contributed by atoms with Gasteiger partial charge in [0.25, 0.3) is 0 Å². The van der Waals surface area contributed by atoms with Crippen molar-refractivity contribution in [2.75, 3.05) is 7.11 Å². The molecule has 0 aliphatic rings. The number of alkyl halides is 3. The molecule has 1 heterocycles. The smallest absolute Gasteiger partial charge is 0.420 e. The molecule has 0 saturated carbocycles. The van der Waals surface area contributed by atoms with E-state index >= 15 is 0 Å². The lowest BCUT2D eigenvalue weighted by molar-refractivity contribution is -0.139. The summed E-state index contributed by atoms with van der Waals surface area (Å²) in [6, 6.07) is 0. The maximum absolute atomic E-state index is 12.5. The van der Waals surface area contributed by atoms with E-state index in [1.54, 1.807) is 0 Å². The van der Waals surface area contributed by atoms with E-state index in [2.05, 4.69) is 9.72 Å². The zero-order chi connectivity index (χ0) is 11.6. The van der Waals surface area contributed by atoms with Gasteiger partial charge in [0.15, 0.2) is 0 Å². The lowest BCUT2D eigenvalue weighted by Crippen LogP contribution is -2.15. The van der Waals surface area contributed by atoms with Gasteiger partial charge in [0.05, 0.1) is 18.9 Å². The number of methoxy groups -OCH3 is 1. The molecule has 0 amide bonds. The number of carboxylic acids is 1. The first-order valence-electron chi connectivity index (χ1n) is 3.70. The standard InChI is InChI=1S/C8H6F3NO3/c1-15-5-3-12-2-4(7(13)14)6(5)8(9,10)11/h2-3H,1H3,(H,13,14). The summed E-state index contributed by atoms with van der Waals surface area (Å²) < 4.78 is 41.9. The van der Waals surface area contributed by atoms with Gasteiger partial charge in [0, 0.05) is 6.20 Å². The third-order valence-electron chi connectivity index (χ3n) is 1.64. The van der Waals surface area contributed by atoms with Gasteiger partial charge in [-0.2, -0.15) is 13.2 Å². The van der Waals surface area contributed by atoms with Gasteiger partial charge in [0.2, 0.25) is 0 Å². The molecule has 0 atom stereocenters. The summed E-state index contributed by atoms with van der Waals surface area (Å²) in [6.07, 6.45) is -3.34. The molecule has 0 aromatic carbocycles. The van der Waals surface area contributed by atoms with Gasteiger partial charge in [-0.25, -0.2) is 4.79 Å². The van der Waals surface area contributed by atoms with Gasteiger partial charge < -0.3 is 9.84 Å². The fourth-order valence-corrected chi connectivity index (χ4v) is 1.05. The fraction of sp³-hybridized carbons (Fsp3) is 0.250. The van der Waals surface area contributed by atoms with Gasteiger partial charge in [-0.15, -0.1) is 0 Å². The van der Waals surface area contributed by atoms with Crippen molar-refractivity contribution in [3.63, 3.8) is 0 Å². The highest BCUT2D eigenvalue weighted by molar-refractivity contribution is 5.90. The summed E-state index contributed by atoms with van der Waals surface area (Å²) in [4.78, 5) is 13.9. The second kappa shape index (κ2) is 3.76. The van der Waals surface area contributed by atoms with Crippen molar-refractivity contribution in [1.82, 2.24) is 4.98 Å². The van der Waals surface area contributed by atoms with Crippen LogP contribution in [0.5, 0.6) is 5.75 Å². The van der Waals surface area contributed by atoms with Gasteiger partial charge in [-0.3, -0.25) is 4.98 Å². The predicted octanol–water partition coefficient (Wildman–Crippen LogP) is 1.81. The van der Waals surface area contributed by atoms with Crippen molar-refractivity contribution < 1.29 is 27.8 Å². The third-order valence-corrected chi connectivity index (χ3v) is 1.64. The number of pyridine rings is 1. The molecule has 82 valence electrons. The van der Waals surface area contributed by atoms with E-state index in [0.717, 1.165) is 13.3 Å². The molecule has 0 bridgehead atoms. The number of halogens is 3. The van der Waals surface area contributed by atoms with Crippen LogP contribution in [0.2, 0.25) is 0 Å². The Morgan fingerprint density at radius 2 is 2.07 bits per heavy atom. The van der Waals surface area contributed by atoms with Crippen LogP contribution in [0.25, 0.3) is 0 Å². The van der Waals surface area contributed by atoms with Crippen LogP contribution in [0.1, 0.15) is 15.9 Å². The topological polar surface area (TPSA) is 59.4 Å². The Bertz CT molecular complexity index is 389. The normalized spacial score (nSPS) is 11.2. The molecular formula is C8H6F3NO3. The van der Waals surface area contributed by atoms with Crippen LogP contribution in [0.3, 0.4) is 0 Å². The number of hydrogen-bond acceptors (Lipinski definition) is 3. The summed E-state index contributed by atoms with van der Waals surface area (Å²) in [6.45, 7) is 0. The highest BCUT2D eigenvalue weighted by atomic mass is 19.4. The zero-order valence-corrected chi connectivity index (χ0v) is 7.50. The van der Waals surface area contributed by atoms with Gasteiger partial charge in [-0.05, 0) is 0 Å². The van der Waals surface area contributed by atoms with Crippen molar-refractivity contribution in [2.24, 2.45) is 0 Å². The lowest BCUT2D eigenvalue weighted by Gasteiger charge is -2.13. The maximum Gasteiger partial charge on any atom is 0.420 e. The number of aromatic nitrogens is 1. The van der Waals surface area contributed by atoms with Gasteiger partial charge in [-0.1, -0.05) is 0 Å². The van der Waals surface area contributed by atoms with Crippen LogP contribution < -0.4 is 4.74 Å². The second-order valence-electron chi connectivity index (χ2n) is 2.57.